The van der Waals surface area contributed by atoms with Crippen molar-refractivity contribution in [1.29, 1.82) is 0 Å². The summed E-state index contributed by atoms with van der Waals surface area (Å²) in [6.45, 7) is 0.792. The van der Waals surface area contributed by atoms with Crippen LogP contribution in [0.25, 0.3) is 0 Å². The Balaban J connectivity index is 1.66. The van der Waals surface area contributed by atoms with Crippen LogP contribution in [-0.4, -0.2) is 26.7 Å². The van der Waals surface area contributed by atoms with E-state index in [4.69, 9.17) is 27.9 Å². The van der Waals surface area contributed by atoms with Crippen molar-refractivity contribution >= 4 is 28.9 Å². The Morgan fingerprint density at radius 2 is 2.04 bits per heavy atom. The smallest absolute Gasteiger partial charge is 0.285 e. The van der Waals surface area contributed by atoms with Crippen molar-refractivity contribution in [1.82, 2.24) is 20.2 Å². The minimum absolute atomic E-state index is 0.0316. The first-order valence-corrected chi connectivity index (χ1v) is 8.83. The molecule has 0 amide bonds. The molecule has 28 heavy (non-hydrogen) atoms. The number of fused-ring (bicyclic) bond motifs is 1. The van der Waals surface area contributed by atoms with E-state index < -0.39 is 17.2 Å². The molecule has 0 bridgehead atoms. The Hall–Kier alpha value is -2.78. The van der Waals surface area contributed by atoms with E-state index in [1.807, 2.05) is 4.90 Å². The van der Waals surface area contributed by atoms with Gasteiger partial charge in [0, 0.05) is 18.2 Å². The van der Waals surface area contributed by atoms with Crippen LogP contribution in [0.5, 0.6) is 11.6 Å². The Morgan fingerprint density at radius 1 is 1.21 bits per heavy atom. The maximum atomic E-state index is 14.0. The van der Waals surface area contributed by atoms with E-state index in [2.05, 4.69) is 20.2 Å². The standard InChI is InChI=1S/C17H11Cl2F2N5O2/c18-10-3-8(20)4-11(21)15(10)28-17-9-1-2-26(6-12(9)22-7-23-17)13-5-24-25-16(27)14(13)19/h3-5,7H,1-2,6H2,(H,25,27). The number of aromatic nitrogens is 4. The lowest BCUT2D eigenvalue weighted by Crippen LogP contribution is -2.33. The predicted octanol–water partition coefficient (Wildman–Crippen LogP) is 3.50. The quantitative estimate of drug-likeness (QED) is 0.691. The second kappa shape index (κ2) is 7.33. The summed E-state index contributed by atoms with van der Waals surface area (Å²) in [6.07, 6.45) is 3.17. The Kier molecular flexibility index (Phi) is 4.86. The summed E-state index contributed by atoms with van der Waals surface area (Å²) < 4.78 is 32.8. The zero-order chi connectivity index (χ0) is 19.8. The number of halogens is 4. The maximum Gasteiger partial charge on any atom is 0.285 e. The summed E-state index contributed by atoms with van der Waals surface area (Å²) in [5.41, 5.74) is 1.27. The minimum atomic E-state index is -0.934. The highest BCUT2D eigenvalue weighted by Gasteiger charge is 2.25. The molecule has 0 atom stereocenters. The van der Waals surface area contributed by atoms with Gasteiger partial charge in [0.05, 0.1) is 29.1 Å². The number of rotatable bonds is 3. The fraction of sp³-hybridized carbons (Fsp3) is 0.176. The van der Waals surface area contributed by atoms with Gasteiger partial charge in [-0.05, 0) is 12.5 Å². The molecule has 1 aromatic carbocycles. The largest absolute Gasteiger partial charge is 0.434 e. The number of nitrogens with zero attached hydrogens (tertiary/aromatic N) is 4. The summed E-state index contributed by atoms with van der Waals surface area (Å²) in [5, 5.41) is 5.86. The summed E-state index contributed by atoms with van der Waals surface area (Å²) in [6, 6.07) is 1.63. The van der Waals surface area contributed by atoms with Gasteiger partial charge in [-0.2, -0.15) is 5.10 Å². The number of hydrogen-bond donors (Lipinski definition) is 1. The SMILES string of the molecule is O=c1[nH]ncc(N2CCc3c(ncnc3Oc3c(F)cc(F)cc3Cl)C2)c1Cl. The molecule has 2 aromatic heterocycles. The molecule has 0 radical (unpaired) electrons. The van der Waals surface area contributed by atoms with Crippen LogP contribution in [0.1, 0.15) is 11.3 Å². The summed E-state index contributed by atoms with van der Waals surface area (Å²) in [4.78, 5) is 21.8. The second-order valence-corrected chi connectivity index (χ2v) is 6.76. The summed E-state index contributed by atoms with van der Waals surface area (Å²) in [7, 11) is 0. The first-order chi connectivity index (χ1) is 13.4. The molecule has 11 heteroatoms. The third kappa shape index (κ3) is 3.38. The highest BCUT2D eigenvalue weighted by Crippen LogP contribution is 2.36. The van der Waals surface area contributed by atoms with Crippen molar-refractivity contribution in [3.05, 3.63) is 67.9 Å². The van der Waals surface area contributed by atoms with Gasteiger partial charge in [-0.15, -0.1) is 0 Å². The van der Waals surface area contributed by atoms with Crippen molar-refractivity contribution in [2.75, 3.05) is 11.4 Å². The fourth-order valence-electron chi connectivity index (χ4n) is 2.94. The average molecular weight is 426 g/mol. The fourth-order valence-corrected chi connectivity index (χ4v) is 3.38. The van der Waals surface area contributed by atoms with E-state index in [0.29, 0.717) is 42.5 Å². The van der Waals surface area contributed by atoms with E-state index in [0.717, 1.165) is 6.07 Å². The van der Waals surface area contributed by atoms with E-state index >= 15 is 0 Å². The predicted molar refractivity (Wildman–Crippen MR) is 98.1 cm³/mol. The molecule has 3 heterocycles. The highest BCUT2D eigenvalue weighted by molar-refractivity contribution is 6.33. The number of ether oxygens (including phenoxy) is 1. The van der Waals surface area contributed by atoms with Crippen LogP contribution in [0, 0.1) is 11.6 Å². The molecule has 0 saturated heterocycles. The van der Waals surface area contributed by atoms with Crippen LogP contribution in [0.4, 0.5) is 14.5 Å². The van der Waals surface area contributed by atoms with Gasteiger partial charge in [-0.3, -0.25) is 4.79 Å². The van der Waals surface area contributed by atoms with Crippen LogP contribution in [0.3, 0.4) is 0 Å². The highest BCUT2D eigenvalue weighted by atomic mass is 35.5. The average Bonchev–Trinajstić information content (AvgIpc) is 2.66. The van der Waals surface area contributed by atoms with E-state index in [9.17, 15) is 13.6 Å². The number of benzene rings is 1. The molecule has 1 N–H and O–H groups in total. The molecule has 144 valence electrons. The van der Waals surface area contributed by atoms with E-state index in [1.165, 1.54) is 12.5 Å². The monoisotopic (exact) mass is 425 g/mol. The number of anilines is 1. The molecule has 0 fully saturated rings. The van der Waals surface area contributed by atoms with Crippen LogP contribution >= 0.6 is 23.2 Å². The Morgan fingerprint density at radius 3 is 2.82 bits per heavy atom. The van der Waals surface area contributed by atoms with Gasteiger partial charge in [0.2, 0.25) is 5.88 Å². The van der Waals surface area contributed by atoms with E-state index in [1.54, 1.807) is 0 Å². The molecule has 0 aliphatic carbocycles. The number of aromatic amines is 1. The van der Waals surface area contributed by atoms with Gasteiger partial charge in [-0.25, -0.2) is 23.8 Å². The molecular weight excluding hydrogens is 415 g/mol. The van der Waals surface area contributed by atoms with Crippen molar-refractivity contribution in [3.63, 3.8) is 0 Å². The normalized spacial score (nSPS) is 13.4. The van der Waals surface area contributed by atoms with Gasteiger partial charge in [-0.1, -0.05) is 23.2 Å². The van der Waals surface area contributed by atoms with Crippen LogP contribution in [0.15, 0.2) is 29.5 Å². The first-order valence-electron chi connectivity index (χ1n) is 8.07. The molecule has 1 aliphatic rings. The molecule has 0 saturated carbocycles. The van der Waals surface area contributed by atoms with Crippen molar-refractivity contribution < 1.29 is 13.5 Å². The third-order valence-corrected chi connectivity index (χ3v) is 4.89. The summed E-state index contributed by atoms with van der Waals surface area (Å²) in [5.74, 6) is -1.92. The van der Waals surface area contributed by atoms with Crippen LogP contribution in [0.2, 0.25) is 10.0 Å². The second-order valence-electron chi connectivity index (χ2n) is 5.97. The Labute approximate surface area is 166 Å². The third-order valence-electron chi connectivity index (χ3n) is 4.25. The molecule has 0 spiro atoms. The number of H-pyrrole nitrogens is 1. The van der Waals surface area contributed by atoms with Gasteiger partial charge in [0.1, 0.15) is 17.2 Å². The van der Waals surface area contributed by atoms with Gasteiger partial charge in [0.15, 0.2) is 11.6 Å². The lowest BCUT2D eigenvalue weighted by Gasteiger charge is -2.30. The molecule has 4 rings (SSSR count). The van der Waals surface area contributed by atoms with Crippen molar-refractivity contribution in [2.45, 2.75) is 13.0 Å². The Bertz CT molecular complexity index is 1100. The lowest BCUT2D eigenvalue weighted by molar-refractivity contribution is 0.415. The van der Waals surface area contributed by atoms with Gasteiger partial charge >= 0.3 is 0 Å². The lowest BCUT2D eigenvalue weighted by atomic mass is 10.1. The van der Waals surface area contributed by atoms with Gasteiger partial charge in [0.25, 0.3) is 5.56 Å². The molecule has 1 aliphatic heterocycles. The van der Waals surface area contributed by atoms with Crippen LogP contribution in [-0.2, 0) is 13.0 Å². The molecule has 7 nitrogen and oxygen atoms in total. The zero-order valence-electron chi connectivity index (χ0n) is 14.0. The number of nitrogens with one attached hydrogen (secondary N) is 1. The molecular formula is C17H11Cl2F2N5O2. The van der Waals surface area contributed by atoms with Gasteiger partial charge < -0.3 is 9.64 Å². The van der Waals surface area contributed by atoms with E-state index in [-0.39, 0.29) is 21.7 Å². The summed E-state index contributed by atoms with van der Waals surface area (Å²) >= 11 is 12.0. The van der Waals surface area contributed by atoms with Crippen molar-refractivity contribution in [2.24, 2.45) is 0 Å². The topological polar surface area (TPSA) is 84.0 Å². The van der Waals surface area contributed by atoms with Crippen LogP contribution < -0.4 is 15.2 Å². The molecule has 3 aromatic rings. The maximum absolute atomic E-state index is 14.0. The number of hydrogen-bond acceptors (Lipinski definition) is 6. The first kappa shape index (κ1) is 18.6. The minimum Gasteiger partial charge on any atom is -0.434 e. The van der Waals surface area contributed by atoms with Crippen molar-refractivity contribution in [3.8, 4) is 11.6 Å². The molecule has 0 unspecified atom stereocenters. The zero-order valence-corrected chi connectivity index (χ0v) is 15.6.